The number of amides is 1. The second-order valence-corrected chi connectivity index (χ2v) is 4.72. The van der Waals surface area contributed by atoms with Gasteiger partial charge in [0.05, 0.1) is 11.6 Å². The highest BCUT2D eigenvalue weighted by molar-refractivity contribution is 5.94. The summed E-state index contributed by atoms with van der Waals surface area (Å²) in [6.07, 6.45) is -2.29. The Hall–Kier alpha value is -2.03. The fourth-order valence-corrected chi connectivity index (χ4v) is 2.30. The van der Waals surface area contributed by atoms with E-state index < -0.39 is 23.7 Å². The number of hydrogen-bond donors (Lipinski definition) is 0. The molecule has 0 spiro atoms. The van der Waals surface area contributed by atoms with Gasteiger partial charge in [-0.15, -0.1) is 0 Å². The van der Waals surface area contributed by atoms with Gasteiger partial charge in [-0.2, -0.15) is 18.4 Å². The maximum Gasteiger partial charge on any atom is 0.416 e. The van der Waals surface area contributed by atoms with Gasteiger partial charge in [-0.25, -0.2) is 0 Å². The first-order valence-electron chi connectivity index (χ1n) is 6.31. The number of benzene rings is 1. The molecule has 0 radical (unpaired) electrons. The second-order valence-electron chi connectivity index (χ2n) is 4.72. The number of carbonyl (C=O) groups excluding carboxylic acids is 1. The second kappa shape index (κ2) is 5.53. The molecule has 1 heterocycles. The van der Waals surface area contributed by atoms with Gasteiger partial charge in [-0.3, -0.25) is 4.79 Å². The molecule has 1 unspecified atom stereocenters. The van der Waals surface area contributed by atoms with Crippen molar-refractivity contribution in [3.63, 3.8) is 0 Å². The van der Waals surface area contributed by atoms with E-state index in [4.69, 9.17) is 5.26 Å². The van der Waals surface area contributed by atoms with Crippen molar-refractivity contribution in [1.82, 2.24) is 4.90 Å². The van der Waals surface area contributed by atoms with E-state index in [0.717, 1.165) is 25.0 Å². The average molecular weight is 282 g/mol. The summed E-state index contributed by atoms with van der Waals surface area (Å²) in [5.41, 5.74) is -0.879. The first-order valence-corrected chi connectivity index (χ1v) is 6.31. The number of piperidine rings is 1. The van der Waals surface area contributed by atoms with Crippen molar-refractivity contribution in [3.8, 4) is 6.07 Å². The van der Waals surface area contributed by atoms with Crippen molar-refractivity contribution in [2.24, 2.45) is 0 Å². The zero-order chi connectivity index (χ0) is 14.8. The Labute approximate surface area is 114 Å². The molecule has 1 aromatic carbocycles. The molecule has 20 heavy (non-hydrogen) atoms. The zero-order valence-electron chi connectivity index (χ0n) is 10.7. The molecule has 0 aliphatic carbocycles. The van der Waals surface area contributed by atoms with Gasteiger partial charge in [0.15, 0.2) is 0 Å². The van der Waals surface area contributed by atoms with Crippen LogP contribution < -0.4 is 0 Å². The Balaban J connectivity index is 2.27. The van der Waals surface area contributed by atoms with Crippen LogP contribution in [0.25, 0.3) is 0 Å². The van der Waals surface area contributed by atoms with Crippen LogP contribution in [0, 0.1) is 11.3 Å². The van der Waals surface area contributed by atoms with Crippen molar-refractivity contribution in [3.05, 3.63) is 35.4 Å². The third-order valence-electron chi connectivity index (χ3n) is 3.35. The lowest BCUT2D eigenvalue weighted by molar-refractivity contribution is -0.137. The van der Waals surface area contributed by atoms with Crippen LogP contribution in [-0.4, -0.2) is 23.4 Å². The summed E-state index contributed by atoms with van der Waals surface area (Å²) in [6.45, 7) is 0.410. The van der Waals surface area contributed by atoms with Crippen LogP contribution in [0.2, 0.25) is 0 Å². The van der Waals surface area contributed by atoms with Gasteiger partial charge in [0.1, 0.15) is 6.04 Å². The first kappa shape index (κ1) is 14.4. The van der Waals surface area contributed by atoms with Crippen LogP contribution in [0.15, 0.2) is 24.3 Å². The van der Waals surface area contributed by atoms with Crippen LogP contribution >= 0.6 is 0 Å². The van der Waals surface area contributed by atoms with Gasteiger partial charge in [0.25, 0.3) is 5.91 Å². The Bertz CT molecular complexity index is 548. The molecule has 1 aliphatic rings. The third-order valence-corrected chi connectivity index (χ3v) is 3.35. The van der Waals surface area contributed by atoms with Crippen LogP contribution in [0.4, 0.5) is 13.2 Å². The molecule has 0 N–H and O–H groups in total. The minimum absolute atomic E-state index is 0.0259. The molecule has 6 heteroatoms. The van der Waals surface area contributed by atoms with Crippen LogP contribution in [0.5, 0.6) is 0 Å². The molecule has 1 atom stereocenters. The number of likely N-dealkylation sites (tertiary alicyclic amines) is 1. The van der Waals surface area contributed by atoms with Gasteiger partial charge in [-0.1, -0.05) is 6.07 Å². The van der Waals surface area contributed by atoms with Crippen molar-refractivity contribution >= 4 is 5.91 Å². The SMILES string of the molecule is N#CC1CCCCN1C(=O)c1cccc(C(F)(F)F)c1. The number of carbonyl (C=O) groups is 1. The van der Waals surface area contributed by atoms with Gasteiger partial charge < -0.3 is 4.90 Å². The summed E-state index contributed by atoms with van der Waals surface area (Å²) in [5, 5.41) is 9.02. The number of nitrogens with zero attached hydrogens (tertiary/aromatic N) is 2. The fourth-order valence-electron chi connectivity index (χ4n) is 2.30. The summed E-state index contributed by atoms with van der Waals surface area (Å²) >= 11 is 0. The summed E-state index contributed by atoms with van der Waals surface area (Å²) in [7, 11) is 0. The Kier molecular flexibility index (Phi) is 3.98. The third kappa shape index (κ3) is 2.93. The smallest absolute Gasteiger partial charge is 0.323 e. The van der Waals surface area contributed by atoms with Crippen molar-refractivity contribution in [2.45, 2.75) is 31.5 Å². The van der Waals surface area contributed by atoms with E-state index in [1.807, 2.05) is 6.07 Å². The summed E-state index contributed by atoms with van der Waals surface area (Å²) in [5.74, 6) is -0.512. The van der Waals surface area contributed by atoms with E-state index in [-0.39, 0.29) is 5.56 Å². The largest absolute Gasteiger partial charge is 0.416 e. The zero-order valence-corrected chi connectivity index (χ0v) is 10.7. The topological polar surface area (TPSA) is 44.1 Å². The monoisotopic (exact) mass is 282 g/mol. The number of hydrogen-bond acceptors (Lipinski definition) is 2. The molecule has 0 bridgehead atoms. The Morgan fingerprint density at radius 2 is 2.10 bits per heavy atom. The van der Waals surface area contributed by atoms with Crippen LogP contribution in [0.3, 0.4) is 0 Å². The molecular formula is C14H13F3N2O. The van der Waals surface area contributed by atoms with E-state index in [9.17, 15) is 18.0 Å². The lowest BCUT2D eigenvalue weighted by Crippen LogP contribution is -2.43. The quantitative estimate of drug-likeness (QED) is 0.793. The number of rotatable bonds is 1. The standard InChI is InChI=1S/C14H13F3N2O/c15-14(16,17)11-5-3-4-10(8-11)13(20)19-7-2-1-6-12(19)9-18/h3-5,8,12H,1-2,6-7H2. The van der Waals surface area contributed by atoms with Gasteiger partial charge in [0.2, 0.25) is 0 Å². The molecule has 1 amide bonds. The van der Waals surface area contributed by atoms with Gasteiger partial charge in [-0.05, 0) is 37.5 Å². The molecule has 1 aliphatic heterocycles. The fraction of sp³-hybridized carbons (Fsp3) is 0.429. The van der Waals surface area contributed by atoms with E-state index in [1.54, 1.807) is 0 Å². The number of halogens is 3. The molecule has 0 aromatic heterocycles. The minimum atomic E-state index is -4.48. The van der Waals surface area contributed by atoms with Crippen LogP contribution in [-0.2, 0) is 6.18 Å². The first-order chi connectivity index (χ1) is 9.43. The van der Waals surface area contributed by atoms with E-state index in [2.05, 4.69) is 0 Å². The van der Waals surface area contributed by atoms with Gasteiger partial charge in [0, 0.05) is 12.1 Å². The predicted octanol–water partition coefficient (Wildman–Crippen LogP) is 3.22. The van der Waals surface area contributed by atoms with E-state index in [0.29, 0.717) is 13.0 Å². The highest BCUT2D eigenvalue weighted by Gasteiger charge is 2.32. The van der Waals surface area contributed by atoms with E-state index in [1.165, 1.54) is 17.0 Å². The average Bonchev–Trinajstić information content (AvgIpc) is 2.45. The molecule has 1 aromatic rings. The van der Waals surface area contributed by atoms with Gasteiger partial charge >= 0.3 is 6.18 Å². The van der Waals surface area contributed by atoms with Crippen molar-refractivity contribution in [2.75, 3.05) is 6.54 Å². The molecular weight excluding hydrogens is 269 g/mol. The molecule has 0 saturated carbocycles. The van der Waals surface area contributed by atoms with Crippen LogP contribution in [0.1, 0.15) is 35.2 Å². The molecule has 1 saturated heterocycles. The molecule has 1 fully saturated rings. The highest BCUT2D eigenvalue weighted by Crippen LogP contribution is 2.30. The predicted molar refractivity (Wildman–Crippen MR) is 65.7 cm³/mol. The number of nitriles is 1. The van der Waals surface area contributed by atoms with Crippen molar-refractivity contribution in [1.29, 1.82) is 5.26 Å². The Morgan fingerprint density at radius 1 is 1.35 bits per heavy atom. The minimum Gasteiger partial charge on any atom is -0.323 e. The van der Waals surface area contributed by atoms with Crippen molar-refractivity contribution < 1.29 is 18.0 Å². The normalized spacial score (nSPS) is 19.5. The summed E-state index contributed by atoms with van der Waals surface area (Å²) in [6, 6.07) is 5.80. The molecule has 3 nitrogen and oxygen atoms in total. The maximum atomic E-state index is 12.6. The lowest BCUT2D eigenvalue weighted by atomic mass is 10.0. The summed E-state index contributed by atoms with van der Waals surface area (Å²) in [4.78, 5) is 13.6. The Morgan fingerprint density at radius 3 is 2.75 bits per heavy atom. The maximum absolute atomic E-state index is 12.6. The highest BCUT2D eigenvalue weighted by atomic mass is 19.4. The number of alkyl halides is 3. The molecule has 106 valence electrons. The molecule has 2 rings (SSSR count). The summed E-state index contributed by atoms with van der Waals surface area (Å²) < 4.78 is 37.9. The van der Waals surface area contributed by atoms with E-state index >= 15 is 0 Å². The lowest BCUT2D eigenvalue weighted by Gasteiger charge is -2.31.